The lowest BCUT2D eigenvalue weighted by Crippen LogP contribution is -2.43. The molecule has 2 aromatic rings. The van der Waals surface area contributed by atoms with Crippen LogP contribution in [0.15, 0.2) is 53.1 Å². The van der Waals surface area contributed by atoms with E-state index in [-0.39, 0.29) is 11.1 Å². The molecule has 4 heteroatoms. The quantitative estimate of drug-likeness (QED) is 0.714. The van der Waals surface area contributed by atoms with E-state index >= 15 is 0 Å². The van der Waals surface area contributed by atoms with Crippen molar-refractivity contribution in [2.24, 2.45) is 0 Å². The van der Waals surface area contributed by atoms with Crippen LogP contribution in [-0.2, 0) is 11.0 Å². The molecule has 0 bridgehead atoms. The molecule has 3 nitrogen and oxygen atoms in total. The van der Waals surface area contributed by atoms with Gasteiger partial charge in [0.05, 0.1) is 6.26 Å². The molecule has 1 N–H and O–H groups in total. The Labute approximate surface area is 141 Å². The van der Waals surface area contributed by atoms with Crippen LogP contribution in [0.1, 0.15) is 38.2 Å². The molecule has 0 aliphatic heterocycles. The highest BCUT2D eigenvalue weighted by Crippen LogP contribution is 2.39. The van der Waals surface area contributed by atoms with Crippen LogP contribution in [0.25, 0.3) is 0 Å². The summed E-state index contributed by atoms with van der Waals surface area (Å²) in [5.41, 5.74) is 1.28. The maximum atomic E-state index is 6.57. The van der Waals surface area contributed by atoms with E-state index in [1.165, 1.54) is 5.56 Å². The van der Waals surface area contributed by atoms with E-state index in [0.717, 1.165) is 18.8 Å². The van der Waals surface area contributed by atoms with Gasteiger partial charge < -0.3 is 14.2 Å². The molecular weight excluding hydrogens is 302 g/mol. The molecule has 0 fully saturated rings. The second-order valence-electron chi connectivity index (χ2n) is 7.50. The van der Waals surface area contributed by atoms with Gasteiger partial charge in [-0.2, -0.15) is 0 Å². The number of furan rings is 1. The lowest BCUT2D eigenvalue weighted by molar-refractivity contribution is 0.154. The highest BCUT2D eigenvalue weighted by Gasteiger charge is 2.39. The fourth-order valence-corrected chi connectivity index (χ4v) is 3.42. The van der Waals surface area contributed by atoms with Crippen LogP contribution in [0, 0.1) is 0 Å². The largest absolute Gasteiger partial charge is 0.467 e. The van der Waals surface area contributed by atoms with Crippen LogP contribution in [0.2, 0.25) is 18.1 Å². The third-order valence-electron chi connectivity index (χ3n) is 4.61. The topological polar surface area (TPSA) is 34.4 Å². The van der Waals surface area contributed by atoms with Gasteiger partial charge in [-0.25, -0.2) is 0 Å². The molecule has 2 rings (SSSR count). The lowest BCUT2D eigenvalue weighted by Gasteiger charge is -2.38. The third-order valence-corrected chi connectivity index (χ3v) is 9.09. The van der Waals surface area contributed by atoms with Crippen LogP contribution >= 0.6 is 0 Å². The average Bonchev–Trinajstić information content (AvgIpc) is 3.00. The first-order valence-electron chi connectivity index (χ1n) is 8.25. The summed E-state index contributed by atoms with van der Waals surface area (Å²) in [5, 5.41) is 3.68. The summed E-state index contributed by atoms with van der Waals surface area (Å²) in [6.07, 6.45) is 1.67. The highest BCUT2D eigenvalue weighted by molar-refractivity contribution is 6.74. The molecule has 0 aliphatic rings. The van der Waals surface area contributed by atoms with E-state index in [4.69, 9.17) is 8.84 Å². The molecule has 0 saturated carbocycles. The Balaban J connectivity index is 2.01. The molecule has 23 heavy (non-hydrogen) atoms. The third kappa shape index (κ3) is 5.06. The fourth-order valence-electron chi connectivity index (χ4n) is 2.15. The zero-order chi connectivity index (χ0) is 16.9. The van der Waals surface area contributed by atoms with E-state index in [1.54, 1.807) is 6.26 Å². The second kappa shape index (κ2) is 7.47. The van der Waals surface area contributed by atoms with Gasteiger partial charge in [-0.15, -0.1) is 0 Å². The molecular formula is C19H29NO2Si. The van der Waals surface area contributed by atoms with Crippen molar-refractivity contribution in [1.82, 2.24) is 5.32 Å². The summed E-state index contributed by atoms with van der Waals surface area (Å²) in [6, 6.07) is 14.3. The van der Waals surface area contributed by atoms with Gasteiger partial charge >= 0.3 is 0 Å². The Hall–Kier alpha value is -1.36. The van der Waals surface area contributed by atoms with Gasteiger partial charge in [0.25, 0.3) is 0 Å². The molecule has 1 aromatic heterocycles. The van der Waals surface area contributed by atoms with Crippen molar-refractivity contribution < 1.29 is 8.84 Å². The summed E-state index contributed by atoms with van der Waals surface area (Å²) in [4.78, 5) is 0. The van der Waals surface area contributed by atoms with Gasteiger partial charge in [0.15, 0.2) is 8.32 Å². The van der Waals surface area contributed by atoms with E-state index in [0.29, 0.717) is 0 Å². The standard InChI is InChI=1S/C19H29NO2Si/c1-19(2,3)23(4,5)22-18(17-12-9-13-21-17)15-20-14-16-10-7-6-8-11-16/h6-13,18,20H,14-15H2,1-5H3/t18-/m0/s1. The minimum atomic E-state index is -1.85. The van der Waals surface area contributed by atoms with Crippen molar-refractivity contribution in [3.63, 3.8) is 0 Å². The minimum Gasteiger partial charge on any atom is -0.467 e. The van der Waals surface area contributed by atoms with Crippen molar-refractivity contribution in [2.45, 2.75) is 51.6 Å². The molecule has 0 saturated heterocycles. The van der Waals surface area contributed by atoms with Gasteiger partial charge in [-0.05, 0) is 35.8 Å². The van der Waals surface area contributed by atoms with E-state index in [1.807, 2.05) is 18.2 Å². The first-order chi connectivity index (χ1) is 10.8. The second-order valence-corrected chi connectivity index (χ2v) is 12.3. The van der Waals surface area contributed by atoms with E-state index < -0.39 is 8.32 Å². The van der Waals surface area contributed by atoms with Crippen molar-refractivity contribution in [3.8, 4) is 0 Å². The summed E-state index contributed by atoms with van der Waals surface area (Å²) >= 11 is 0. The summed E-state index contributed by atoms with van der Waals surface area (Å²) < 4.78 is 12.2. The lowest BCUT2D eigenvalue weighted by atomic mass is 10.2. The maximum Gasteiger partial charge on any atom is 0.193 e. The fraction of sp³-hybridized carbons (Fsp3) is 0.474. The molecule has 1 atom stereocenters. The zero-order valence-corrected chi connectivity index (χ0v) is 15.9. The molecule has 0 spiro atoms. The average molecular weight is 332 g/mol. The zero-order valence-electron chi connectivity index (χ0n) is 14.9. The van der Waals surface area contributed by atoms with Crippen LogP contribution < -0.4 is 5.32 Å². The number of hydrogen-bond acceptors (Lipinski definition) is 3. The van der Waals surface area contributed by atoms with Gasteiger partial charge in [0, 0.05) is 13.1 Å². The predicted octanol–water partition coefficient (Wildman–Crippen LogP) is 5.13. The Morgan fingerprint density at radius 3 is 2.35 bits per heavy atom. The maximum absolute atomic E-state index is 6.57. The van der Waals surface area contributed by atoms with Crippen molar-refractivity contribution >= 4 is 8.32 Å². The van der Waals surface area contributed by atoms with Crippen LogP contribution in [0.3, 0.4) is 0 Å². The molecule has 0 unspecified atom stereocenters. The van der Waals surface area contributed by atoms with E-state index in [9.17, 15) is 0 Å². The number of nitrogens with one attached hydrogen (secondary N) is 1. The normalized spacial score (nSPS) is 14.0. The molecule has 126 valence electrons. The Morgan fingerprint density at radius 2 is 1.78 bits per heavy atom. The van der Waals surface area contributed by atoms with Crippen LogP contribution in [0.5, 0.6) is 0 Å². The highest BCUT2D eigenvalue weighted by atomic mass is 28.4. The molecule has 1 heterocycles. The number of hydrogen-bond donors (Lipinski definition) is 1. The van der Waals surface area contributed by atoms with Crippen molar-refractivity contribution in [1.29, 1.82) is 0 Å². The monoisotopic (exact) mass is 331 g/mol. The first-order valence-corrected chi connectivity index (χ1v) is 11.2. The smallest absolute Gasteiger partial charge is 0.193 e. The summed E-state index contributed by atoms with van der Waals surface area (Å²) in [6.45, 7) is 12.9. The van der Waals surface area contributed by atoms with Gasteiger partial charge in [-0.1, -0.05) is 51.1 Å². The predicted molar refractivity (Wildman–Crippen MR) is 97.9 cm³/mol. The number of benzene rings is 1. The molecule has 1 aromatic carbocycles. The SMILES string of the molecule is CC(C)(C)[Si](C)(C)O[C@@H](CNCc1ccccc1)c1ccco1. The van der Waals surface area contributed by atoms with Crippen LogP contribution in [-0.4, -0.2) is 14.9 Å². The van der Waals surface area contributed by atoms with Gasteiger partial charge in [0.2, 0.25) is 0 Å². The first kappa shape index (κ1) is 18.0. The molecule has 0 aliphatic carbocycles. The molecule has 0 amide bonds. The van der Waals surface area contributed by atoms with Gasteiger partial charge in [0.1, 0.15) is 11.9 Å². The molecule has 0 radical (unpaired) electrons. The Morgan fingerprint density at radius 1 is 1.09 bits per heavy atom. The van der Waals surface area contributed by atoms with Crippen LogP contribution in [0.4, 0.5) is 0 Å². The van der Waals surface area contributed by atoms with Crippen molar-refractivity contribution in [3.05, 3.63) is 60.1 Å². The Bertz CT molecular complexity index is 573. The number of rotatable bonds is 7. The summed E-state index contributed by atoms with van der Waals surface area (Å²) in [5.74, 6) is 0.899. The van der Waals surface area contributed by atoms with Gasteiger partial charge in [-0.3, -0.25) is 0 Å². The minimum absolute atomic E-state index is 0.0467. The van der Waals surface area contributed by atoms with E-state index in [2.05, 4.69) is 63.4 Å². The Kier molecular flexibility index (Phi) is 5.84. The summed E-state index contributed by atoms with van der Waals surface area (Å²) in [7, 11) is -1.85. The van der Waals surface area contributed by atoms with Crippen molar-refractivity contribution in [2.75, 3.05) is 6.54 Å².